The van der Waals surface area contributed by atoms with E-state index >= 15 is 0 Å². The molecule has 1 aliphatic rings. The Kier molecular flexibility index (Phi) is 7.88. The minimum absolute atomic E-state index is 0.0589. The van der Waals surface area contributed by atoms with Crippen molar-refractivity contribution >= 4 is 5.57 Å². The molecule has 1 unspecified atom stereocenters. The van der Waals surface area contributed by atoms with Crippen LogP contribution in [0.4, 0.5) is 0 Å². The quantitative estimate of drug-likeness (QED) is 0.475. The highest BCUT2D eigenvalue weighted by atomic mass is 16.5. The van der Waals surface area contributed by atoms with Crippen molar-refractivity contribution in [2.24, 2.45) is 11.8 Å². The zero-order valence-electron chi connectivity index (χ0n) is 20.2. The summed E-state index contributed by atoms with van der Waals surface area (Å²) in [5.74, 6) is 2.18. The maximum absolute atomic E-state index is 6.10. The van der Waals surface area contributed by atoms with Gasteiger partial charge in [0.05, 0.1) is 23.1 Å². The van der Waals surface area contributed by atoms with Crippen LogP contribution in [0.15, 0.2) is 30.3 Å². The highest BCUT2D eigenvalue weighted by Crippen LogP contribution is 2.35. The molecule has 2 atom stereocenters. The van der Waals surface area contributed by atoms with Gasteiger partial charge in [0.1, 0.15) is 0 Å². The third-order valence-electron chi connectivity index (χ3n) is 6.23. The van der Waals surface area contributed by atoms with Crippen molar-refractivity contribution in [3.05, 3.63) is 47.3 Å². The molecule has 3 rings (SSSR count). The number of hydrogen-bond donors (Lipinski definition) is 0. The number of methoxy groups -OCH3 is 1. The summed E-state index contributed by atoms with van der Waals surface area (Å²) >= 11 is 0. The summed E-state index contributed by atoms with van der Waals surface area (Å²) < 4.78 is 11.6. The van der Waals surface area contributed by atoms with Gasteiger partial charge in [-0.3, -0.25) is 0 Å². The van der Waals surface area contributed by atoms with Crippen molar-refractivity contribution in [3.8, 4) is 17.1 Å². The first-order valence-corrected chi connectivity index (χ1v) is 11.7. The molecule has 2 aromatic rings. The summed E-state index contributed by atoms with van der Waals surface area (Å²) in [6.45, 7) is 13.6. The molecule has 0 amide bonds. The van der Waals surface area contributed by atoms with Gasteiger partial charge in [-0.1, -0.05) is 39.3 Å². The fourth-order valence-electron chi connectivity index (χ4n) is 4.38. The predicted octanol–water partition coefficient (Wildman–Crippen LogP) is 6.69. The van der Waals surface area contributed by atoms with E-state index in [9.17, 15) is 0 Å². The molecule has 2 heterocycles. The number of aromatic nitrogens is 2. The van der Waals surface area contributed by atoms with E-state index in [1.165, 1.54) is 11.1 Å². The second kappa shape index (κ2) is 10.4. The van der Waals surface area contributed by atoms with Crippen molar-refractivity contribution in [2.75, 3.05) is 13.7 Å². The summed E-state index contributed by atoms with van der Waals surface area (Å²) in [7, 11) is 1.80. The van der Waals surface area contributed by atoms with Gasteiger partial charge in [-0.2, -0.15) is 0 Å². The van der Waals surface area contributed by atoms with Crippen LogP contribution < -0.4 is 4.74 Å². The molecule has 0 saturated carbocycles. The Morgan fingerprint density at radius 2 is 1.84 bits per heavy atom. The lowest BCUT2D eigenvalue weighted by Gasteiger charge is -2.24. The van der Waals surface area contributed by atoms with E-state index in [1.54, 1.807) is 7.11 Å². The highest BCUT2D eigenvalue weighted by molar-refractivity contribution is 5.71. The standard InChI is InChI=1S/C27H38N2O2/c1-8-20(16-30-7)21-10-9-19(6)26-22(15-21)11-13-25(28-26)23-12-14-24(17(2)3)29-27(23)31-18(4)5/h9,11-14,17-18,20-21H,8,10,15-16H2,1-7H3/t20-,21?/m1/s1. The summed E-state index contributed by atoms with van der Waals surface area (Å²) in [4.78, 5) is 9.93. The molecular formula is C27H38N2O2. The molecule has 0 aliphatic heterocycles. The molecule has 1 aliphatic carbocycles. The fourth-order valence-corrected chi connectivity index (χ4v) is 4.38. The first kappa shape index (κ1) is 23.5. The third-order valence-corrected chi connectivity index (χ3v) is 6.23. The van der Waals surface area contributed by atoms with Crippen LogP contribution in [-0.4, -0.2) is 29.8 Å². The van der Waals surface area contributed by atoms with E-state index in [0.717, 1.165) is 48.5 Å². The van der Waals surface area contributed by atoms with Gasteiger partial charge in [0.2, 0.25) is 5.88 Å². The van der Waals surface area contributed by atoms with Gasteiger partial charge in [-0.25, -0.2) is 9.97 Å². The van der Waals surface area contributed by atoms with Crippen LogP contribution in [0.25, 0.3) is 16.8 Å². The van der Waals surface area contributed by atoms with Crippen molar-refractivity contribution < 1.29 is 9.47 Å². The molecule has 0 N–H and O–H groups in total. The summed E-state index contributed by atoms with van der Waals surface area (Å²) in [6, 6.07) is 8.59. The van der Waals surface area contributed by atoms with Crippen LogP contribution in [0.5, 0.6) is 5.88 Å². The van der Waals surface area contributed by atoms with E-state index in [1.807, 2.05) is 13.8 Å². The monoisotopic (exact) mass is 422 g/mol. The number of nitrogens with zero attached hydrogens (tertiary/aromatic N) is 2. The highest BCUT2D eigenvalue weighted by Gasteiger charge is 2.25. The van der Waals surface area contributed by atoms with E-state index in [4.69, 9.17) is 19.4 Å². The number of fused-ring (bicyclic) bond motifs is 1. The smallest absolute Gasteiger partial charge is 0.223 e. The van der Waals surface area contributed by atoms with Crippen LogP contribution >= 0.6 is 0 Å². The van der Waals surface area contributed by atoms with Gasteiger partial charge in [-0.15, -0.1) is 0 Å². The molecule has 4 heteroatoms. The minimum Gasteiger partial charge on any atom is -0.474 e. The minimum atomic E-state index is 0.0589. The largest absolute Gasteiger partial charge is 0.474 e. The van der Waals surface area contributed by atoms with Crippen LogP contribution in [0.3, 0.4) is 0 Å². The van der Waals surface area contributed by atoms with E-state index < -0.39 is 0 Å². The predicted molar refractivity (Wildman–Crippen MR) is 128 cm³/mol. The number of allylic oxidation sites excluding steroid dienone is 2. The Hall–Kier alpha value is -2.20. The Balaban J connectivity index is 2.00. The fraction of sp³-hybridized carbons (Fsp3) is 0.556. The lowest BCUT2D eigenvalue weighted by atomic mass is 9.84. The second-order valence-electron chi connectivity index (χ2n) is 9.33. The first-order chi connectivity index (χ1) is 14.8. The topological polar surface area (TPSA) is 44.2 Å². The molecule has 0 saturated heterocycles. The van der Waals surface area contributed by atoms with Gasteiger partial charge >= 0.3 is 0 Å². The van der Waals surface area contributed by atoms with Crippen molar-refractivity contribution in [3.63, 3.8) is 0 Å². The molecule has 168 valence electrons. The van der Waals surface area contributed by atoms with Gasteiger partial charge in [0.15, 0.2) is 0 Å². The van der Waals surface area contributed by atoms with E-state index in [0.29, 0.717) is 23.6 Å². The maximum atomic E-state index is 6.10. The van der Waals surface area contributed by atoms with Gasteiger partial charge < -0.3 is 9.47 Å². The average Bonchev–Trinajstić information content (AvgIpc) is 2.90. The van der Waals surface area contributed by atoms with Crippen molar-refractivity contribution in [1.82, 2.24) is 9.97 Å². The normalized spacial score (nSPS) is 17.3. The van der Waals surface area contributed by atoms with Gasteiger partial charge in [0.25, 0.3) is 0 Å². The zero-order chi connectivity index (χ0) is 22.5. The number of rotatable bonds is 8. The molecule has 0 fully saturated rings. The molecule has 0 spiro atoms. The second-order valence-corrected chi connectivity index (χ2v) is 9.33. The van der Waals surface area contributed by atoms with Crippen LogP contribution in [-0.2, 0) is 11.2 Å². The summed E-state index contributed by atoms with van der Waals surface area (Å²) in [5.41, 5.74) is 6.61. The molecule has 31 heavy (non-hydrogen) atoms. The maximum Gasteiger partial charge on any atom is 0.223 e. The number of ether oxygens (including phenoxy) is 2. The Bertz CT molecular complexity index is 917. The average molecular weight is 423 g/mol. The zero-order valence-corrected chi connectivity index (χ0v) is 20.2. The summed E-state index contributed by atoms with van der Waals surface area (Å²) in [6.07, 6.45) is 5.67. The number of hydrogen-bond acceptors (Lipinski definition) is 4. The summed E-state index contributed by atoms with van der Waals surface area (Å²) in [5, 5.41) is 0. The molecule has 4 nitrogen and oxygen atoms in total. The molecule has 0 radical (unpaired) electrons. The molecular weight excluding hydrogens is 384 g/mol. The Morgan fingerprint density at radius 3 is 2.48 bits per heavy atom. The third kappa shape index (κ3) is 5.54. The van der Waals surface area contributed by atoms with Gasteiger partial charge in [0, 0.05) is 19.4 Å². The first-order valence-electron chi connectivity index (χ1n) is 11.7. The molecule has 0 bridgehead atoms. The number of pyridine rings is 2. The van der Waals surface area contributed by atoms with Crippen LogP contribution in [0.1, 0.15) is 77.3 Å². The Morgan fingerprint density at radius 1 is 1.06 bits per heavy atom. The molecule has 2 aromatic heterocycles. The van der Waals surface area contributed by atoms with E-state index in [2.05, 4.69) is 58.0 Å². The SMILES string of the molecule is CC[C@H](COC)C1CC=C(C)c2nc(-c3ccc(C(C)C)nc3OC(C)C)ccc2C1. The Labute approximate surface area is 188 Å². The van der Waals surface area contributed by atoms with Gasteiger partial charge in [-0.05, 0) is 80.7 Å². The lowest BCUT2D eigenvalue weighted by molar-refractivity contribution is 0.117. The molecule has 0 aromatic carbocycles. The lowest BCUT2D eigenvalue weighted by Crippen LogP contribution is -2.20. The van der Waals surface area contributed by atoms with Crippen molar-refractivity contribution in [1.29, 1.82) is 0 Å². The van der Waals surface area contributed by atoms with Crippen LogP contribution in [0, 0.1) is 11.8 Å². The van der Waals surface area contributed by atoms with Crippen LogP contribution in [0.2, 0.25) is 0 Å². The van der Waals surface area contributed by atoms with E-state index in [-0.39, 0.29) is 6.10 Å². The van der Waals surface area contributed by atoms with Crippen molar-refractivity contribution in [2.45, 2.75) is 72.8 Å².